The number of benzene rings is 2. The van der Waals surface area contributed by atoms with Gasteiger partial charge in [0.05, 0.1) is 5.75 Å². The lowest BCUT2D eigenvalue weighted by molar-refractivity contribution is -0.113. The van der Waals surface area contributed by atoms with E-state index in [0.717, 1.165) is 5.56 Å². The van der Waals surface area contributed by atoms with E-state index in [9.17, 15) is 13.6 Å². The van der Waals surface area contributed by atoms with Crippen LogP contribution in [-0.4, -0.2) is 11.7 Å². The summed E-state index contributed by atoms with van der Waals surface area (Å²) in [6.45, 7) is 0. The average molecular weight is 328 g/mol. The van der Waals surface area contributed by atoms with Gasteiger partial charge in [0.15, 0.2) is 0 Å². The summed E-state index contributed by atoms with van der Waals surface area (Å²) in [5.41, 5.74) is 1.18. The first-order valence-electron chi connectivity index (χ1n) is 6.11. The highest BCUT2D eigenvalue weighted by atomic mass is 35.5. The molecule has 0 radical (unpaired) electrons. The van der Waals surface area contributed by atoms with Gasteiger partial charge in [0.1, 0.15) is 11.6 Å². The van der Waals surface area contributed by atoms with Gasteiger partial charge in [-0.15, -0.1) is 11.8 Å². The van der Waals surface area contributed by atoms with Crippen molar-refractivity contribution in [3.8, 4) is 0 Å². The third-order valence-corrected chi connectivity index (χ3v) is 3.95. The van der Waals surface area contributed by atoms with Crippen molar-refractivity contribution < 1.29 is 13.6 Å². The summed E-state index contributed by atoms with van der Waals surface area (Å²) in [4.78, 5) is 11.7. The van der Waals surface area contributed by atoms with Crippen molar-refractivity contribution in [2.24, 2.45) is 0 Å². The molecule has 0 bridgehead atoms. The largest absolute Gasteiger partial charge is 0.325 e. The van der Waals surface area contributed by atoms with Crippen molar-refractivity contribution in [3.63, 3.8) is 0 Å². The Morgan fingerprint density at radius 1 is 1.14 bits per heavy atom. The third-order valence-electron chi connectivity index (χ3n) is 2.61. The molecule has 0 aliphatic rings. The fourth-order valence-corrected chi connectivity index (χ4v) is 2.80. The highest BCUT2D eigenvalue weighted by molar-refractivity contribution is 7.99. The number of rotatable bonds is 5. The van der Waals surface area contributed by atoms with Crippen LogP contribution in [0.2, 0.25) is 5.02 Å². The molecule has 0 saturated carbocycles. The summed E-state index contributed by atoms with van der Waals surface area (Å²) in [7, 11) is 0. The summed E-state index contributed by atoms with van der Waals surface area (Å²) in [6.07, 6.45) is 0. The molecule has 2 rings (SSSR count). The first-order chi connectivity index (χ1) is 10.0. The Labute approximate surface area is 130 Å². The monoisotopic (exact) mass is 327 g/mol. The zero-order chi connectivity index (χ0) is 15.2. The van der Waals surface area contributed by atoms with Gasteiger partial charge in [0, 0.05) is 16.5 Å². The van der Waals surface area contributed by atoms with E-state index >= 15 is 0 Å². The number of carbonyl (C=O) groups is 1. The number of halogens is 3. The summed E-state index contributed by atoms with van der Waals surface area (Å²) in [6, 6.07) is 9.85. The molecule has 1 amide bonds. The molecule has 2 aromatic carbocycles. The zero-order valence-electron chi connectivity index (χ0n) is 10.9. The van der Waals surface area contributed by atoms with Crippen molar-refractivity contribution in [2.45, 2.75) is 5.75 Å². The van der Waals surface area contributed by atoms with Gasteiger partial charge < -0.3 is 5.32 Å². The smallest absolute Gasteiger partial charge is 0.234 e. The Bertz CT molecular complexity index is 651. The van der Waals surface area contributed by atoms with Gasteiger partial charge in [-0.1, -0.05) is 23.7 Å². The van der Waals surface area contributed by atoms with E-state index in [2.05, 4.69) is 5.32 Å². The van der Waals surface area contributed by atoms with E-state index < -0.39 is 11.6 Å². The van der Waals surface area contributed by atoms with Crippen LogP contribution in [0.4, 0.5) is 14.5 Å². The predicted molar refractivity (Wildman–Crippen MR) is 82.6 cm³/mol. The topological polar surface area (TPSA) is 29.1 Å². The molecule has 6 heteroatoms. The molecule has 0 unspecified atom stereocenters. The van der Waals surface area contributed by atoms with Crippen LogP contribution in [-0.2, 0) is 10.5 Å². The molecule has 0 heterocycles. The molecule has 0 aliphatic carbocycles. The average Bonchev–Trinajstić information content (AvgIpc) is 2.41. The first-order valence-corrected chi connectivity index (χ1v) is 7.65. The maximum atomic E-state index is 13.0. The lowest BCUT2D eigenvalue weighted by atomic mass is 10.2. The van der Waals surface area contributed by atoms with E-state index in [0.29, 0.717) is 16.5 Å². The standard InChI is InChI=1S/C15H12ClF2NOS/c16-14-7-12(18)5-4-10(14)8-21-9-15(20)19-13-3-1-2-11(17)6-13/h1-7H,8-9H2,(H,19,20). The fraction of sp³-hybridized carbons (Fsp3) is 0.133. The van der Waals surface area contributed by atoms with Crippen molar-refractivity contribution >= 4 is 35.0 Å². The molecule has 0 atom stereocenters. The normalized spacial score (nSPS) is 10.4. The van der Waals surface area contributed by atoms with Crippen LogP contribution in [0.15, 0.2) is 42.5 Å². The summed E-state index contributed by atoms with van der Waals surface area (Å²) >= 11 is 7.24. The minimum absolute atomic E-state index is 0.199. The Morgan fingerprint density at radius 2 is 1.90 bits per heavy atom. The molecule has 2 aromatic rings. The van der Waals surface area contributed by atoms with Crippen LogP contribution in [0, 0.1) is 11.6 Å². The van der Waals surface area contributed by atoms with E-state index in [4.69, 9.17) is 11.6 Å². The van der Waals surface area contributed by atoms with Crippen molar-refractivity contribution in [1.82, 2.24) is 0 Å². The second-order valence-electron chi connectivity index (χ2n) is 4.29. The van der Waals surface area contributed by atoms with E-state index in [1.807, 2.05) is 0 Å². The second kappa shape index (κ2) is 7.43. The summed E-state index contributed by atoms with van der Waals surface area (Å²) < 4.78 is 25.9. The molecular formula is C15H12ClF2NOS. The predicted octanol–water partition coefficient (Wildman–Crippen LogP) is 4.49. The number of anilines is 1. The van der Waals surface area contributed by atoms with Gasteiger partial charge in [-0.25, -0.2) is 8.78 Å². The lowest BCUT2D eigenvalue weighted by Crippen LogP contribution is -2.14. The van der Waals surface area contributed by atoms with Crippen molar-refractivity contribution in [3.05, 3.63) is 64.7 Å². The van der Waals surface area contributed by atoms with Gasteiger partial charge >= 0.3 is 0 Å². The number of amides is 1. The summed E-state index contributed by atoms with van der Waals surface area (Å²) in [5, 5.41) is 2.94. The lowest BCUT2D eigenvalue weighted by Gasteiger charge is -2.06. The summed E-state index contributed by atoms with van der Waals surface area (Å²) in [5.74, 6) is -0.333. The number of carbonyl (C=O) groups excluding carboxylic acids is 1. The quantitative estimate of drug-likeness (QED) is 0.876. The molecule has 0 spiro atoms. The fourth-order valence-electron chi connectivity index (χ4n) is 1.66. The van der Waals surface area contributed by atoms with Crippen LogP contribution in [0.1, 0.15) is 5.56 Å². The molecule has 0 aliphatic heterocycles. The number of nitrogens with one attached hydrogen (secondary N) is 1. The number of thioether (sulfide) groups is 1. The van der Waals surface area contributed by atoms with E-state index in [1.165, 1.54) is 42.1 Å². The third kappa shape index (κ3) is 5.02. The van der Waals surface area contributed by atoms with Gasteiger partial charge in [-0.05, 0) is 35.9 Å². The second-order valence-corrected chi connectivity index (χ2v) is 5.68. The Kier molecular flexibility index (Phi) is 5.59. The Balaban J connectivity index is 1.81. The maximum absolute atomic E-state index is 13.0. The number of hydrogen-bond donors (Lipinski definition) is 1. The molecule has 0 aromatic heterocycles. The molecule has 0 fully saturated rings. The van der Waals surface area contributed by atoms with E-state index in [1.54, 1.807) is 12.1 Å². The van der Waals surface area contributed by atoms with Crippen LogP contribution < -0.4 is 5.32 Å². The highest BCUT2D eigenvalue weighted by Crippen LogP contribution is 2.22. The zero-order valence-corrected chi connectivity index (χ0v) is 12.5. The van der Waals surface area contributed by atoms with Gasteiger partial charge in [-0.3, -0.25) is 4.79 Å². The van der Waals surface area contributed by atoms with Gasteiger partial charge in [0.25, 0.3) is 0 Å². The number of hydrogen-bond acceptors (Lipinski definition) is 2. The van der Waals surface area contributed by atoms with Crippen LogP contribution in [0.3, 0.4) is 0 Å². The van der Waals surface area contributed by atoms with Crippen LogP contribution in [0.5, 0.6) is 0 Å². The Hall–Kier alpha value is -1.59. The minimum Gasteiger partial charge on any atom is -0.325 e. The minimum atomic E-state index is -0.404. The van der Waals surface area contributed by atoms with Crippen molar-refractivity contribution in [1.29, 1.82) is 0 Å². The van der Waals surface area contributed by atoms with Crippen LogP contribution >= 0.6 is 23.4 Å². The van der Waals surface area contributed by atoms with Crippen LogP contribution in [0.25, 0.3) is 0 Å². The molecule has 1 N–H and O–H groups in total. The maximum Gasteiger partial charge on any atom is 0.234 e. The van der Waals surface area contributed by atoms with Crippen molar-refractivity contribution in [2.75, 3.05) is 11.1 Å². The molecule has 110 valence electrons. The molecule has 0 saturated heterocycles. The Morgan fingerprint density at radius 3 is 2.62 bits per heavy atom. The molecular weight excluding hydrogens is 316 g/mol. The van der Waals surface area contributed by atoms with E-state index in [-0.39, 0.29) is 11.7 Å². The highest BCUT2D eigenvalue weighted by Gasteiger charge is 2.06. The van der Waals surface area contributed by atoms with Gasteiger partial charge in [0.2, 0.25) is 5.91 Å². The molecule has 21 heavy (non-hydrogen) atoms. The first kappa shape index (κ1) is 15.8. The SMILES string of the molecule is O=C(CSCc1ccc(F)cc1Cl)Nc1cccc(F)c1. The van der Waals surface area contributed by atoms with Gasteiger partial charge in [-0.2, -0.15) is 0 Å². The molecule has 2 nitrogen and oxygen atoms in total.